The molecular formula is C15H30N2O3. The van der Waals surface area contributed by atoms with Crippen LogP contribution in [-0.2, 0) is 9.59 Å². The van der Waals surface area contributed by atoms with Gasteiger partial charge in [0, 0.05) is 13.0 Å². The van der Waals surface area contributed by atoms with E-state index in [0.29, 0.717) is 37.6 Å². The van der Waals surface area contributed by atoms with Gasteiger partial charge in [0.15, 0.2) is 0 Å². The summed E-state index contributed by atoms with van der Waals surface area (Å²) < 4.78 is 0. The average molecular weight is 286 g/mol. The van der Waals surface area contributed by atoms with E-state index in [1.165, 1.54) is 0 Å². The van der Waals surface area contributed by atoms with E-state index >= 15 is 0 Å². The molecule has 0 spiro atoms. The molecule has 5 heteroatoms. The third kappa shape index (κ3) is 6.37. The Kier molecular flexibility index (Phi) is 8.46. The summed E-state index contributed by atoms with van der Waals surface area (Å²) in [6, 6.07) is 0. The van der Waals surface area contributed by atoms with E-state index < -0.39 is 11.5 Å². The van der Waals surface area contributed by atoms with Crippen molar-refractivity contribution < 1.29 is 14.7 Å². The van der Waals surface area contributed by atoms with Gasteiger partial charge in [-0.05, 0) is 37.5 Å². The number of nitrogens with two attached hydrogens (primary N) is 1. The summed E-state index contributed by atoms with van der Waals surface area (Å²) in [6.45, 7) is 8.54. The minimum absolute atomic E-state index is 0.108. The highest BCUT2D eigenvalue weighted by atomic mass is 16.4. The van der Waals surface area contributed by atoms with E-state index in [1.54, 1.807) is 0 Å². The highest BCUT2D eigenvalue weighted by molar-refractivity contribution is 5.85. The number of hydrogen-bond acceptors (Lipinski definition) is 3. The van der Waals surface area contributed by atoms with Crippen molar-refractivity contribution in [3.8, 4) is 0 Å². The van der Waals surface area contributed by atoms with E-state index in [1.807, 2.05) is 13.8 Å². The Hall–Kier alpha value is -1.10. The van der Waals surface area contributed by atoms with Crippen molar-refractivity contribution in [2.75, 3.05) is 6.54 Å². The van der Waals surface area contributed by atoms with Gasteiger partial charge in [0.25, 0.3) is 0 Å². The molecule has 0 radical (unpaired) electrons. The fourth-order valence-electron chi connectivity index (χ4n) is 2.24. The first-order valence-electron chi connectivity index (χ1n) is 7.55. The van der Waals surface area contributed by atoms with Crippen LogP contribution in [0.4, 0.5) is 0 Å². The molecule has 0 saturated carbocycles. The van der Waals surface area contributed by atoms with Crippen LogP contribution in [0.2, 0.25) is 0 Å². The predicted molar refractivity (Wildman–Crippen MR) is 80.3 cm³/mol. The summed E-state index contributed by atoms with van der Waals surface area (Å²) in [7, 11) is 0. The molecule has 0 fully saturated rings. The molecule has 0 aliphatic heterocycles. The van der Waals surface area contributed by atoms with Gasteiger partial charge in [0.1, 0.15) is 0 Å². The first-order valence-corrected chi connectivity index (χ1v) is 7.55. The highest BCUT2D eigenvalue weighted by Gasteiger charge is 2.29. The molecule has 0 aromatic rings. The van der Waals surface area contributed by atoms with Gasteiger partial charge in [-0.15, -0.1) is 0 Å². The average Bonchev–Trinajstić information content (AvgIpc) is 2.40. The van der Waals surface area contributed by atoms with Crippen molar-refractivity contribution >= 4 is 11.9 Å². The Bertz CT molecular complexity index is 312. The van der Waals surface area contributed by atoms with Gasteiger partial charge >= 0.3 is 5.97 Å². The number of carbonyl (C=O) groups excluding carboxylic acids is 1. The maximum absolute atomic E-state index is 12.0. The van der Waals surface area contributed by atoms with Gasteiger partial charge in [-0.1, -0.05) is 27.7 Å². The number of carbonyl (C=O) groups is 2. The Morgan fingerprint density at radius 1 is 1.20 bits per heavy atom. The SMILES string of the molecule is CCC(N)(CC)C(=O)NCCC(CCC(=O)O)C(C)C. The molecule has 0 bridgehead atoms. The minimum Gasteiger partial charge on any atom is -0.481 e. The minimum atomic E-state index is -0.783. The van der Waals surface area contributed by atoms with Crippen LogP contribution in [0.25, 0.3) is 0 Å². The summed E-state index contributed by atoms with van der Waals surface area (Å²) >= 11 is 0. The molecule has 1 unspecified atom stereocenters. The van der Waals surface area contributed by atoms with Gasteiger partial charge in [0.05, 0.1) is 5.54 Å². The summed E-state index contributed by atoms with van der Waals surface area (Å²) in [4.78, 5) is 22.6. The van der Waals surface area contributed by atoms with E-state index in [-0.39, 0.29) is 12.3 Å². The van der Waals surface area contributed by atoms with Crippen LogP contribution in [0.5, 0.6) is 0 Å². The first-order chi connectivity index (χ1) is 9.26. The summed E-state index contributed by atoms with van der Waals surface area (Å²) in [6.07, 6.45) is 2.85. The molecule has 1 atom stereocenters. The molecule has 118 valence electrons. The highest BCUT2D eigenvalue weighted by Crippen LogP contribution is 2.20. The number of hydrogen-bond donors (Lipinski definition) is 3. The largest absolute Gasteiger partial charge is 0.481 e. The molecule has 0 aromatic heterocycles. The second kappa shape index (κ2) is 8.95. The molecule has 0 saturated heterocycles. The zero-order chi connectivity index (χ0) is 15.8. The van der Waals surface area contributed by atoms with Crippen molar-refractivity contribution in [2.45, 2.75) is 65.3 Å². The number of amides is 1. The number of aliphatic carboxylic acids is 1. The zero-order valence-corrected chi connectivity index (χ0v) is 13.2. The van der Waals surface area contributed by atoms with Crippen LogP contribution in [0.15, 0.2) is 0 Å². The molecule has 20 heavy (non-hydrogen) atoms. The number of carboxylic acid groups (broad SMARTS) is 1. The van der Waals surface area contributed by atoms with Crippen molar-refractivity contribution in [1.29, 1.82) is 0 Å². The smallest absolute Gasteiger partial charge is 0.303 e. The van der Waals surface area contributed by atoms with Crippen LogP contribution in [0, 0.1) is 11.8 Å². The van der Waals surface area contributed by atoms with Gasteiger partial charge < -0.3 is 16.2 Å². The summed E-state index contributed by atoms with van der Waals surface area (Å²) in [5, 5.41) is 11.6. The van der Waals surface area contributed by atoms with Gasteiger partial charge in [0.2, 0.25) is 5.91 Å². The molecule has 0 aliphatic rings. The van der Waals surface area contributed by atoms with Crippen LogP contribution in [0.3, 0.4) is 0 Å². The lowest BCUT2D eigenvalue weighted by Crippen LogP contribution is -2.53. The van der Waals surface area contributed by atoms with Crippen LogP contribution in [-0.4, -0.2) is 29.1 Å². The summed E-state index contributed by atoms with van der Waals surface area (Å²) in [5.74, 6) is -0.158. The zero-order valence-electron chi connectivity index (χ0n) is 13.2. The lowest BCUT2D eigenvalue weighted by atomic mass is 9.88. The maximum Gasteiger partial charge on any atom is 0.303 e. The summed E-state index contributed by atoms with van der Waals surface area (Å²) in [5.41, 5.74) is 5.24. The molecular weight excluding hydrogens is 256 g/mol. The van der Waals surface area contributed by atoms with Gasteiger partial charge in [-0.25, -0.2) is 0 Å². The second-order valence-corrected chi connectivity index (χ2v) is 5.84. The molecule has 1 amide bonds. The van der Waals surface area contributed by atoms with E-state index in [0.717, 1.165) is 6.42 Å². The van der Waals surface area contributed by atoms with Crippen LogP contribution < -0.4 is 11.1 Å². The van der Waals surface area contributed by atoms with E-state index in [2.05, 4.69) is 19.2 Å². The van der Waals surface area contributed by atoms with Crippen LogP contribution >= 0.6 is 0 Å². The molecule has 5 nitrogen and oxygen atoms in total. The number of nitrogens with one attached hydrogen (secondary N) is 1. The van der Waals surface area contributed by atoms with Crippen molar-refractivity contribution in [3.05, 3.63) is 0 Å². The first kappa shape index (κ1) is 18.9. The van der Waals surface area contributed by atoms with Crippen molar-refractivity contribution in [1.82, 2.24) is 5.32 Å². The Balaban J connectivity index is 4.23. The molecule has 0 heterocycles. The lowest BCUT2D eigenvalue weighted by Gasteiger charge is -2.26. The van der Waals surface area contributed by atoms with Crippen molar-refractivity contribution in [3.63, 3.8) is 0 Å². The Morgan fingerprint density at radius 2 is 1.75 bits per heavy atom. The van der Waals surface area contributed by atoms with E-state index in [9.17, 15) is 9.59 Å². The third-order valence-corrected chi connectivity index (χ3v) is 4.19. The Morgan fingerprint density at radius 3 is 2.15 bits per heavy atom. The molecule has 0 aliphatic carbocycles. The van der Waals surface area contributed by atoms with Crippen molar-refractivity contribution in [2.24, 2.45) is 17.6 Å². The molecule has 0 rings (SSSR count). The van der Waals surface area contributed by atoms with Gasteiger partial charge in [-0.2, -0.15) is 0 Å². The van der Waals surface area contributed by atoms with Crippen LogP contribution in [0.1, 0.15) is 59.8 Å². The van der Waals surface area contributed by atoms with Gasteiger partial charge in [-0.3, -0.25) is 9.59 Å². The topological polar surface area (TPSA) is 92.4 Å². The Labute approximate surface area is 122 Å². The standard InChI is InChI=1S/C15H30N2O3/c1-5-15(16,6-2)14(20)17-10-9-12(11(3)4)7-8-13(18)19/h11-12H,5-10,16H2,1-4H3,(H,17,20)(H,18,19). The molecule has 4 N–H and O–H groups in total. The molecule has 0 aromatic carbocycles. The lowest BCUT2D eigenvalue weighted by molar-refractivity contribution is -0.137. The predicted octanol–water partition coefficient (Wildman–Crippen LogP) is 2.15. The normalized spacial score (nSPS) is 13.3. The fourth-order valence-corrected chi connectivity index (χ4v) is 2.24. The maximum atomic E-state index is 12.0. The second-order valence-electron chi connectivity index (χ2n) is 5.84. The van der Waals surface area contributed by atoms with E-state index in [4.69, 9.17) is 10.8 Å². The monoisotopic (exact) mass is 286 g/mol. The number of carboxylic acids is 1. The fraction of sp³-hybridized carbons (Fsp3) is 0.867. The third-order valence-electron chi connectivity index (χ3n) is 4.19. The quantitative estimate of drug-likeness (QED) is 0.573. The number of rotatable bonds is 10.